The maximum absolute atomic E-state index is 13.5. The monoisotopic (exact) mass is 372 g/mol. The highest BCUT2D eigenvalue weighted by Gasteiger charge is 2.21. The first-order chi connectivity index (χ1) is 13.2. The number of aromatic nitrogens is 1. The molecule has 27 heavy (non-hydrogen) atoms. The van der Waals surface area contributed by atoms with Gasteiger partial charge in [0.25, 0.3) is 0 Å². The third-order valence-electron chi connectivity index (χ3n) is 4.68. The van der Waals surface area contributed by atoms with E-state index in [2.05, 4.69) is 15.2 Å². The highest BCUT2D eigenvalue weighted by atomic mass is 19.1. The zero-order valence-electron chi connectivity index (χ0n) is 15.5. The van der Waals surface area contributed by atoms with Gasteiger partial charge in [0.05, 0.1) is 7.11 Å². The van der Waals surface area contributed by atoms with Gasteiger partial charge in [-0.05, 0) is 30.3 Å². The molecule has 2 aromatic rings. The molecular weight excluding hydrogens is 347 g/mol. The van der Waals surface area contributed by atoms with Crippen LogP contribution in [-0.4, -0.2) is 60.6 Å². The van der Waals surface area contributed by atoms with Crippen LogP contribution in [0.15, 0.2) is 42.6 Å². The Morgan fingerprint density at radius 2 is 2.04 bits per heavy atom. The molecule has 0 unspecified atom stereocenters. The first-order valence-corrected chi connectivity index (χ1v) is 9.13. The van der Waals surface area contributed by atoms with E-state index in [1.54, 1.807) is 19.4 Å². The van der Waals surface area contributed by atoms with Crippen LogP contribution >= 0.6 is 0 Å². The summed E-state index contributed by atoms with van der Waals surface area (Å²) in [6, 6.07) is 10.3. The highest BCUT2D eigenvalue weighted by Crippen LogP contribution is 2.21. The molecule has 1 aliphatic rings. The van der Waals surface area contributed by atoms with Crippen LogP contribution in [0.1, 0.15) is 11.3 Å². The van der Waals surface area contributed by atoms with Gasteiger partial charge < -0.3 is 15.0 Å². The lowest BCUT2D eigenvalue weighted by molar-refractivity contribution is 0.134. The van der Waals surface area contributed by atoms with Gasteiger partial charge in [-0.25, -0.2) is 9.18 Å². The Morgan fingerprint density at radius 1 is 1.22 bits per heavy atom. The van der Waals surface area contributed by atoms with E-state index in [9.17, 15) is 9.18 Å². The van der Waals surface area contributed by atoms with Crippen molar-refractivity contribution in [1.82, 2.24) is 20.1 Å². The number of urea groups is 1. The predicted octanol–water partition coefficient (Wildman–Crippen LogP) is 2.30. The van der Waals surface area contributed by atoms with E-state index >= 15 is 0 Å². The molecule has 0 aliphatic carbocycles. The first-order valence-electron chi connectivity index (χ1n) is 9.13. The topological polar surface area (TPSA) is 57.7 Å². The summed E-state index contributed by atoms with van der Waals surface area (Å²) in [7, 11) is 1.59. The summed E-state index contributed by atoms with van der Waals surface area (Å²) in [6.45, 7) is 3.95. The summed E-state index contributed by atoms with van der Waals surface area (Å²) in [4.78, 5) is 20.6. The molecule has 3 rings (SSSR count). The van der Waals surface area contributed by atoms with Crippen molar-refractivity contribution in [2.24, 2.45) is 0 Å². The smallest absolute Gasteiger partial charge is 0.317 e. The van der Waals surface area contributed by atoms with Gasteiger partial charge in [-0.2, -0.15) is 0 Å². The fourth-order valence-electron chi connectivity index (χ4n) is 3.18. The second kappa shape index (κ2) is 9.32. The van der Waals surface area contributed by atoms with Gasteiger partial charge in [0, 0.05) is 63.1 Å². The number of rotatable bonds is 6. The largest absolute Gasteiger partial charge is 0.496 e. The molecule has 0 radical (unpaired) electrons. The third-order valence-corrected chi connectivity index (χ3v) is 4.68. The SMILES string of the molecule is COc1ccc(F)cc1CN1CCN(C(=O)NCCc2ccccn2)CC1. The maximum Gasteiger partial charge on any atom is 0.317 e. The molecule has 2 heterocycles. The number of hydrogen-bond acceptors (Lipinski definition) is 4. The quantitative estimate of drug-likeness (QED) is 0.845. The van der Waals surface area contributed by atoms with Gasteiger partial charge in [-0.1, -0.05) is 6.07 Å². The fraction of sp³-hybridized carbons (Fsp3) is 0.400. The predicted molar refractivity (Wildman–Crippen MR) is 101 cm³/mol. The number of hydrogen-bond donors (Lipinski definition) is 1. The zero-order chi connectivity index (χ0) is 19.1. The van der Waals surface area contributed by atoms with Crippen molar-refractivity contribution in [3.8, 4) is 5.75 Å². The van der Waals surface area contributed by atoms with E-state index < -0.39 is 0 Å². The number of ether oxygens (including phenoxy) is 1. The summed E-state index contributed by atoms with van der Waals surface area (Å²) in [5.41, 5.74) is 1.79. The Bertz CT molecular complexity index is 749. The van der Waals surface area contributed by atoms with Gasteiger partial charge in [0.1, 0.15) is 11.6 Å². The molecule has 1 fully saturated rings. The van der Waals surface area contributed by atoms with Crippen LogP contribution < -0.4 is 10.1 Å². The Labute approximate surface area is 158 Å². The lowest BCUT2D eigenvalue weighted by atomic mass is 10.1. The summed E-state index contributed by atoms with van der Waals surface area (Å²) in [5.74, 6) is 0.419. The Kier molecular flexibility index (Phi) is 6.59. The molecule has 1 aromatic heterocycles. The molecule has 1 aromatic carbocycles. The molecule has 1 N–H and O–H groups in total. The number of piperazine rings is 1. The van der Waals surface area contributed by atoms with E-state index in [0.29, 0.717) is 38.3 Å². The number of halogens is 1. The average molecular weight is 372 g/mol. The number of amides is 2. The second-order valence-corrected chi connectivity index (χ2v) is 6.52. The van der Waals surface area contributed by atoms with Crippen molar-refractivity contribution in [3.05, 3.63) is 59.7 Å². The zero-order valence-corrected chi connectivity index (χ0v) is 15.5. The minimum atomic E-state index is -0.267. The molecule has 0 atom stereocenters. The van der Waals surface area contributed by atoms with E-state index in [0.717, 1.165) is 24.3 Å². The normalized spacial score (nSPS) is 14.8. The molecule has 1 aliphatic heterocycles. The maximum atomic E-state index is 13.5. The number of pyridine rings is 1. The van der Waals surface area contributed by atoms with E-state index in [-0.39, 0.29) is 11.8 Å². The van der Waals surface area contributed by atoms with Crippen molar-refractivity contribution < 1.29 is 13.9 Å². The molecule has 7 heteroatoms. The number of benzene rings is 1. The van der Waals surface area contributed by atoms with Crippen LogP contribution in [0.25, 0.3) is 0 Å². The summed E-state index contributed by atoms with van der Waals surface area (Å²) >= 11 is 0. The molecule has 0 spiro atoms. The van der Waals surface area contributed by atoms with Crippen molar-refractivity contribution in [1.29, 1.82) is 0 Å². The summed E-state index contributed by atoms with van der Waals surface area (Å²) in [5, 5.41) is 2.95. The van der Waals surface area contributed by atoms with Crippen LogP contribution in [0.5, 0.6) is 5.75 Å². The molecule has 1 saturated heterocycles. The fourth-order valence-corrected chi connectivity index (χ4v) is 3.18. The van der Waals surface area contributed by atoms with Crippen LogP contribution in [0.4, 0.5) is 9.18 Å². The lowest BCUT2D eigenvalue weighted by Crippen LogP contribution is -2.51. The minimum absolute atomic E-state index is 0.0473. The molecule has 144 valence electrons. The van der Waals surface area contributed by atoms with Crippen LogP contribution in [-0.2, 0) is 13.0 Å². The molecule has 6 nitrogen and oxygen atoms in total. The number of carbonyl (C=O) groups excluding carboxylic acids is 1. The molecule has 0 bridgehead atoms. The standard InChI is InChI=1S/C20H25FN4O2/c1-27-19-6-5-17(21)14-16(19)15-24-10-12-25(13-11-24)20(26)23-9-7-18-4-2-3-8-22-18/h2-6,8,14H,7,9-13,15H2,1H3,(H,23,26). The van der Waals surface area contributed by atoms with Crippen LogP contribution in [0.2, 0.25) is 0 Å². The van der Waals surface area contributed by atoms with E-state index in [4.69, 9.17) is 4.74 Å². The average Bonchev–Trinajstić information content (AvgIpc) is 2.69. The van der Waals surface area contributed by atoms with Gasteiger partial charge in [-0.3, -0.25) is 9.88 Å². The Morgan fingerprint density at radius 3 is 2.74 bits per heavy atom. The van der Waals surface area contributed by atoms with Gasteiger partial charge >= 0.3 is 6.03 Å². The number of methoxy groups -OCH3 is 1. The number of nitrogens with zero attached hydrogens (tertiary/aromatic N) is 3. The molecule has 2 amide bonds. The van der Waals surface area contributed by atoms with Gasteiger partial charge in [0.2, 0.25) is 0 Å². The highest BCUT2D eigenvalue weighted by molar-refractivity contribution is 5.74. The van der Waals surface area contributed by atoms with Gasteiger partial charge in [-0.15, -0.1) is 0 Å². The minimum Gasteiger partial charge on any atom is -0.496 e. The van der Waals surface area contributed by atoms with Crippen molar-refractivity contribution in [3.63, 3.8) is 0 Å². The number of carbonyl (C=O) groups is 1. The van der Waals surface area contributed by atoms with Crippen molar-refractivity contribution in [2.45, 2.75) is 13.0 Å². The second-order valence-electron chi connectivity index (χ2n) is 6.52. The van der Waals surface area contributed by atoms with Crippen molar-refractivity contribution >= 4 is 6.03 Å². The van der Waals surface area contributed by atoms with Crippen LogP contribution in [0, 0.1) is 5.82 Å². The van der Waals surface area contributed by atoms with E-state index in [1.165, 1.54) is 12.1 Å². The summed E-state index contributed by atoms with van der Waals surface area (Å²) < 4.78 is 18.8. The molecular formula is C20H25FN4O2. The van der Waals surface area contributed by atoms with Crippen LogP contribution in [0.3, 0.4) is 0 Å². The Balaban J connectivity index is 1.43. The summed E-state index contributed by atoms with van der Waals surface area (Å²) in [6.07, 6.45) is 2.47. The van der Waals surface area contributed by atoms with Gasteiger partial charge in [0.15, 0.2) is 0 Å². The Hall–Kier alpha value is -2.67. The number of nitrogens with one attached hydrogen (secondary N) is 1. The van der Waals surface area contributed by atoms with Crippen molar-refractivity contribution in [2.75, 3.05) is 39.8 Å². The molecule has 0 saturated carbocycles. The van der Waals surface area contributed by atoms with E-state index in [1.807, 2.05) is 23.1 Å². The lowest BCUT2D eigenvalue weighted by Gasteiger charge is -2.34. The first kappa shape index (κ1) is 19.1. The third kappa shape index (κ3) is 5.40.